The number of allylic oxidation sites excluding steroid dienone is 7. The van der Waals surface area contributed by atoms with Crippen LogP contribution in [0, 0.1) is 0 Å². The Hall–Kier alpha value is -1.95. The SMILES string of the molecule is COC1(OC)C(Cl)=CC(=O)C=C1NC(=O)C=C(C)CCC=C(C)CCC=C(C)C. The van der Waals surface area contributed by atoms with Crippen molar-refractivity contribution in [3.05, 3.63) is 57.8 Å². The third-order valence-electron chi connectivity index (χ3n) is 4.56. The van der Waals surface area contributed by atoms with Crippen molar-refractivity contribution in [2.45, 2.75) is 59.2 Å². The molecule has 0 heterocycles. The minimum atomic E-state index is -1.49. The van der Waals surface area contributed by atoms with Crippen LogP contribution in [0.1, 0.15) is 53.4 Å². The van der Waals surface area contributed by atoms with Gasteiger partial charge in [0, 0.05) is 32.4 Å². The topological polar surface area (TPSA) is 64.6 Å². The molecule has 0 aromatic rings. The molecule has 0 atom stereocenters. The van der Waals surface area contributed by atoms with Gasteiger partial charge in [0.05, 0.1) is 10.7 Å². The van der Waals surface area contributed by atoms with Crippen LogP contribution in [0.2, 0.25) is 0 Å². The third-order valence-corrected chi connectivity index (χ3v) is 4.92. The highest BCUT2D eigenvalue weighted by Crippen LogP contribution is 2.34. The van der Waals surface area contributed by atoms with Gasteiger partial charge >= 0.3 is 0 Å². The lowest BCUT2D eigenvalue weighted by molar-refractivity contribution is -0.153. The molecular formula is C23H32ClNO4. The summed E-state index contributed by atoms with van der Waals surface area (Å²) in [7, 11) is 2.78. The summed E-state index contributed by atoms with van der Waals surface area (Å²) in [6.45, 7) is 8.23. The van der Waals surface area contributed by atoms with Crippen molar-refractivity contribution in [1.29, 1.82) is 0 Å². The molecule has 1 amide bonds. The molecule has 1 aliphatic rings. The first-order valence-corrected chi connectivity index (χ1v) is 10.0. The minimum Gasteiger partial charge on any atom is -0.344 e. The maximum Gasteiger partial charge on any atom is 0.248 e. The predicted molar refractivity (Wildman–Crippen MR) is 117 cm³/mol. The standard InChI is InChI=1S/C23H32ClNO4/c1-16(2)9-7-10-17(3)11-8-12-18(4)13-22(27)25-21-15-19(26)14-20(24)23(21,28-5)29-6/h9,11,13-15H,7-8,10,12H2,1-6H3,(H,25,27). The van der Waals surface area contributed by atoms with Gasteiger partial charge in [0.25, 0.3) is 0 Å². The number of ether oxygens (including phenoxy) is 2. The Labute approximate surface area is 179 Å². The summed E-state index contributed by atoms with van der Waals surface area (Å²) in [5.41, 5.74) is 3.77. The first kappa shape index (κ1) is 25.1. The minimum absolute atomic E-state index is 0.0553. The molecule has 0 saturated carbocycles. The molecule has 6 heteroatoms. The summed E-state index contributed by atoms with van der Waals surface area (Å²) >= 11 is 6.14. The average molecular weight is 422 g/mol. The molecule has 0 bridgehead atoms. The van der Waals surface area contributed by atoms with Crippen LogP contribution in [0.3, 0.4) is 0 Å². The number of ketones is 1. The number of amides is 1. The van der Waals surface area contributed by atoms with Gasteiger partial charge in [-0.1, -0.05) is 40.5 Å². The molecule has 0 radical (unpaired) electrons. The first-order chi connectivity index (χ1) is 13.6. The van der Waals surface area contributed by atoms with E-state index in [1.165, 1.54) is 43.6 Å². The van der Waals surface area contributed by atoms with Crippen LogP contribution in [-0.4, -0.2) is 31.7 Å². The lowest BCUT2D eigenvalue weighted by atomic mass is 10.0. The van der Waals surface area contributed by atoms with Gasteiger partial charge in [-0.15, -0.1) is 0 Å². The fraction of sp³-hybridized carbons (Fsp3) is 0.478. The molecule has 160 valence electrons. The van der Waals surface area contributed by atoms with E-state index >= 15 is 0 Å². The molecule has 0 saturated heterocycles. The second kappa shape index (κ2) is 11.9. The number of methoxy groups -OCH3 is 2. The van der Waals surface area contributed by atoms with E-state index in [0.717, 1.165) is 31.3 Å². The number of carbonyl (C=O) groups excluding carboxylic acids is 2. The molecule has 0 spiro atoms. The van der Waals surface area contributed by atoms with E-state index in [9.17, 15) is 9.59 Å². The van der Waals surface area contributed by atoms with Crippen LogP contribution >= 0.6 is 11.6 Å². The highest BCUT2D eigenvalue weighted by molar-refractivity contribution is 6.33. The number of rotatable bonds is 10. The second-order valence-corrected chi connectivity index (χ2v) is 7.77. The Morgan fingerprint density at radius 2 is 1.62 bits per heavy atom. The van der Waals surface area contributed by atoms with Crippen LogP contribution in [0.15, 0.2) is 57.8 Å². The van der Waals surface area contributed by atoms with Crippen molar-refractivity contribution in [2.75, 3.05) is 14.2 Å². The molecule has 0 aromatic heterocycles. The zero-order valence-corrected chi connectivity index (χ0v) is 19.0. The number of nitrogens with one attached hydrogen (secondary N) is 1. The summed E-state index contributed by atoms with van der Waals surface area (Å²) in [5, 5.41) is 2.72. The Balaban J connectivity index is 2.69. The van der Waals surface area contributed by atoms with Gasteiger partial charge in [-0.25, -0.2) is 0 Å². The monoisotopic (exact) mass is 421 g/mol. The summed E-state index contributed by atoms with van der Waals surface area (Å²) in [5.74, 6) is -2.20. The van der Waals surface area contributed by atoms with Crippen LogP contribution in [0.25, 0.3) is 0 Å². The zero-order chi connectivity index (χ0) is 22.0. The summed E-state index contributed by atoms with van der Waals surface area (Å²) in [6.07, 6.45) is 12.1. The lowest BCUT2D eigenvalue weighted by Gasteiger charge is -2.34. The van der Waals surface area contributed by atoms with E-state index in [0.29, 0.717) is 0 Å². The normalized spacial score (nSPS) is 16.9. The van der Waals surface area contributed by atoms with Crippen molar-refractivity contribution in [3.8, 4) is 0 Å². The van der Waals surface area contributed by atoms with Gasteiger partial charge in [-0.2, -0.15) is 0 Å². The fourth-order valence-electron chi connectivity index (χ4n) is 2.95. The number of halogens is 1. The molecule has 0 fully saturated rings. The molecular weight excluding hydrogens is 390 g/mol. The van der Waals surface area contributed by atoms with E-state index in [1.54, 1.807) is 0 Å². The second-order valence-electron chi connectivity index (χ2n) is 7.37. The molecule has 1 N–H and O–H groups in total. The summed E-state index contributed by atoms with van der Waals surface area (Å²) in [4.78, 5) is 24.2. The number of hydrogen-bond acceptors (Lipinski definition) is 4. The van der Waals surface area contributed by atoms with E-state index < -0.39 is 5.79 Å². The van der Waals surface area contributed by atoms with E-state index in [2.05, 4.69) is 38.2 Å². The molecule has 1 aliphatic carbocycles. The van der Waals surface area contributed by atoms with Gasteiger partial charge in [-0.05, 0) is 53.4 Å². The Bertz CT molecular complexity index is 764. The summed E-state index contributed by atoms with van der Waals surface area (Å²) < 4.78 is 10.7. The van der Waals surface area contributed by atoms with Gasteiger partial charge in [-0.3, -0.25) is 9.59 Å². The summed E-state index contributed by atoms with van der Waals surface area (Å²) in [6, 6.07) is 0. The molecule has 0 aliphatic heterocycles. The fourth-order valence-corrected chi connectivity index (χ4v) is 3.31. The average Bonchev–Trinajstić information content (AvgIpc) is 2.61. The van der Waals surface area contributed by atoms with E-state index in [4.69, 9.17) is 21.1 Å². The first-order valence-electron chi connectivity index (χ1n) is 9.65. The third kappa shape index (κ3) is 7.77. The van der Waals surface area contributed by atoms with Crippen molar-refractivity contribution in [3.63, 3.8) is 0 Å². The van der Waals surface area contributed by atoms with E-state index in [-0.39, 0.29) is 22.4 Å². The van der Waals surface area contributed by atoms with Crippen LogP contribution in [0.5, 0.6) is 0 Å². The highest BCUT2D eigenvalue weighted by atomic mass is 35.5. The number of carbonyl (C=O) groups is 2. The van der Waals surface area contributed by atoms with Crippen LogP contribution < -0.4 is 5.32 Å². The van der Waals surface area contributed by atoms with Crippen molar-refractivity contribution < 1.29 is 19.1 Å². The molecule has 29 heavy (non-hydrogen) atoms. The Morgan fingerprint density at radius 1 is 1.03 bits per heavy atom. The highest BCUT2D eigenvalue weighted by Gasteiger charge is 2.42. The molecule has 5 nitrogen and oxygen atoms in total. The van der Waals surface area contributed by atoms with Gasteiger partial charge in [0.15, 0.2) is 5.78 Å². The van der Waals surface area contributed by atoms with Gasteiger partial charge < -0.3 is 14.8 Å². The lowest BCUT2D eigenvalue weighted by Crippen LogP contribution is -2.46. The predicted octanol–water partition coefficient (Wildman–Crippen LogP) is 5.10. The number of hydrogen-bond donors (Lipinski definition) is 1. The van der Waals surface area contributed by atoms with Gasteiger partial charge in [0.2, 0.25) is 11.7 Å². The Morgan fingerprint density at radius 3 is 2.21 bits per heavy atom. The van der Waals surface area contributed by atoms with Crippen LogP contribution in [0.4, 0.5) is 0 Å². The van der Waals surface area contributed by atoms with E-state index in [1.807, 2.05) is 6.92 Å². The largest absolute Gasteiger partial charge is 0.344 e. The molecule has 0 aromatic carbocycles. The van der Waals surface area contributed by atoms with Gasteiger partial charge in [0.1, 0.15) is 0 Å². The van der Waals surface area contributed by atoms with Crippen molar-refractivity contribution in [2.24, 2.45) is 0 Å². The zero-order valence-electron chi connectivity index (χ0n) is 18.2. The van der Waals surface area contributed by atoms with Crippen molar-refractivity contribution in [1.82, 2.24) is 5.32 Å². The maximum absolute atomic E-state index is 12.4. The maximum atomic E-state index is 12.4. The molecule has 0 unspecified atom stereocenters. The quantitative estimate of drug-likeness (QED) is 0.303. The smallest absolute Gasteiger partial charge is 0.248 e. The van der Waals surface area contributed by atoms with Crippen LogP contribution in [-0.2, 0) is 19.1 Å². The molecule has 1 rings (SSSR count). The Kier molecular flexibility index (Phi) is 10.3. The van der Waals surface area contributed by atoms with Crippen molar-refractivity contribution >= 4 is 23.3 Å².